The Morgan fingerprint density at radius 1 is 1.20 bits per heavy atom. The number of hydrogen-bond acceptors (Lipinski definition) is 5. The molecule has 106 valence electrons. The van der Waals surface area contributed by atoms with Gasteiger partial charge in [-0.15, -0.1) is 0 Å². The Morgan fingerprint density at radius 3 is 2.65 bits per heavy atom. The molecule has 0 saturated carbocycles. The third-order valence-electron chi connectivity index (χ3n) is 2.75. The molecule has 0 spiro atoms. The third-order valence-corrected chi connectivity index (χ3v) is 2.75. The number of aromatic nitrogens is 2. The lowest BCUT2D eigenvalue weighted by Gasteiger charge is -2.12. The number of H-pyrrole nitrogens is 1. The average Bonchev–Trinajstić information content (AvgIpc) is 2.46. The Labute approximate surface area is 116 Å². The Bertz CT molecular complexity index is 652. The number of aromatic amines is 1. The van der Waals surface area contributed by atoms with Gasteiger partial charge in [0, 0.05) is 13.2 Å². The summed E-state index contributed by atoms with van der Waals surface area (Å²) in [7, 11) is 4.65. The Morgan fingerprint density at radius 2 is 2.00 bits per heavy atom. The number of hydrogen-bond donors (Lipinski definition) is 1. The Kier molecular flexibility index (Phi) is 4.37. The lowest BCUT2D eigenvalue weighted by atomic mass is 10.1. The minimum Gasteiger partial charge on any atom is -0.493 e. The molecule has 0 aliphatic heterocycles. The standard InChI is InChI=1S/C14H16N2O4/c1-18-8-9-7-12(17)16-14(15-9)10-5-4-6-11(19-2)13(10)20-3/h4-7H,8H2,1-3H3,(H,15,16,17). The molecule has 0 unspecified atom stereocenters. The van der Waals surface area contributed by atoms with Gasteiger partial charge < -0.3 is 19.2 Å². The molecule has 1 aromatic heterocycles. The number of para-hydroxylation sites is 1. The van der Waals surface area contributed by atoms with Crippen LogP contribution in [0.5, 0.6) is 11.5 Å². The summed E-state index contributed by atoms with van der Waals surface area (Å²) in [5.74, 6) is 1.51. The van der Waals surface area contributed by atoms with Crippen LogP contribution in [0.3, 0.4) is 0 Å². The van der Waals surface area contributed by atoms with E-state index < -0.39 is 0 Å². The first kappa shape index (κ1) is 14.1. The quantitative estimate of drug-likeness (QED) is 0.898. The van der Waals surface area contributed by atoms with Crippen molar-refractivity contribution in [1.82, 2.24) is 9.97 Å². The molecule has 0 fully saturated rings. The van der Waals surface area contributed by atoms with E-state index in [2.05, 4.69) is 9.97 Å². The summed E-state index contributed by atoms with van der Waals surface area (Å²) < 4.78 is 15.6. The summed E-state index contributed by atoms with van der Waals surface area (Å²) in [5.41, 5.74) is 0.963. The maximum atomic E-state index is 11.7. The minimum absolute atomic E-state index is 0.244. The van der Waals surface area contributed by atoms with Crippen LogP contribution >= 0.6 is 0 Å². The lowest BCUT2D eigenvalue weighted by Crippen LogP contribution is -2.11. The maximum absolute atomic E-state index is 11.7. The zero-order valence-corrected chi connectivity index (χ0v) is 11.6. The van der Waals surface area contributed by atoms with Crippen LogP contribution in [0.25, 0.3) is 11.4 Å². The van der Waals surface area contributed by atoms with Crippen molar-refractivity contribution in [3.8, 4) is 22.9 Å². The van der Waals surface area contributed by atoms with Crippen LogP contribution in [0.15, 0.2) is 29.1 Å². The molecule has 6 nitrogen and oxygen atoms in total. The van der Waals surface area contributed by atoms with Crippen LogP contribution in [0.4, 0.5) is 0 Å². The first-order valence-electron chi connectivity index (χ1n) is 6.00. The summed E-state index contributed by atoms with van der Waals surface area (Å²) in [5, 5.41) is 0. The second kappa shape index (κ2) is 6.21. The molecule has 1 heterocycles. The van der Waals surface area contributed by atoms with E-state index in [9.17, 15) is 4.79 Å². The molecule has 0 bridgehead atoms. The zero-order chi connectivity index (χ0) is 14.5. The van der Waals surface area contributed by atoms with Crippen molar-refractivity contribution >= 4 is 0 Å². The van der Waals surface area contributed by atoms with Crippen molar-refractivity contribution in [3.05, 3.63) is 40.3 Å². The van der Waals surface area contributed by atoms with E-state index in [4.69, 9.17) is 14.2 Å². The van der Waals surface area contributed by atoms with Crippen molar-refractivity contribution < 1.29 is 14.2 Å². The number of nitrogens with one attached hydrogen (secondary N) is 1. The fraction of sp³-hybridized carbons (Fsp3) is 0.286. The monoisotopic (exact) mass is 276 g/mol. The van der Waals surface area contributed by atoms with E-state index in [1.54, 1.807) is 39.5 Å². The number of rotatable bonds is 5. The van der Waals surface area contributed by atoms with Gasteiger partial charge >= 0.3 is 0 Å². The van der Waals surface area contributed by atoms with Gasteiger partial charge in [0.2, 0.25) is 0 Å². The number of benzene rings is 1. The van der Waals surface area contributed by atoms with Gasteiger partial charge in [-0.3, -0.25) is 4.79 Å². The number of nitrogens with zero attached hydrogens (tertiary/aromatic N) is 1. The third kappa shape index (κ3) is 2.80. The number of methoxy groups -OCH3 is 3. The van der Waals surface area contributed by atoms with Gasteiger partial charge in [-0.25, -0.2) is 4.98 Å². The molecule has 6 heteroatoms. The van der Waals surface area contributed by atoms with Gasteiger partial charge in [-0.1, -0.05) is 6.07 Å². The molecule has 2 rings (SSSR count). The van der Waals surface area contributed by atoms with E-state index in [0.717, 1.165) is 0 Å². The maximum Gasteiger partial charge on any atom is 0.251 e. The summed E-state index contributed by atoms with van der Waals surface area (Å²) in [6.45, 7) is 0.267. The fourth-order valence-electron chi connectivity index (χ4n) is 1.93. The predicted octanol–water partition coefficient (Wildman–Crippen LogP) is 1.60. The normalized spacial score (nSPS) is 10.3. The second-order valence-corrected chi connectivity index (χ2v) is 4.06. The molecule has 0 aliphatic rings. The average molecular weight is 276 g/mol. The highest BCUT2D eigenvalue weighted by Crippen LogP contribution is 2.35. The smallest absolute Gasteiger partial charge is 0.251 e. The van der Waals surface area contributed by atoms with Crippen molar-refractivity contribution in [1.29, 1.82) is 0 Å². The van der Waals surface area contributed by atoms with Crippen LogP contribution in [-0.2, 0) is 11.3 Å². The highest BCUT2D eigenvalue weighted by Gasteiger charge is 2.14. The Hall–Kier alpha value is -2.34. The molecule has 0 saturated heterocycles. The van der Waals surface area contributed by atoms with E-state index >= 15 is 0 Å². The van der Waals surface area contributed by atoms with Gasteiger partial charge in [0.05, 0.1) is 32.1 Å². The summed E-state index contributed by atoms with van der Waals surface area (Å²) >= 11 is 0. The molecular formula is C14H16N2O4. The molecule has 0 atom stereocenters. The highest BCUT2D eigenvalue weighted by molar-refractivity contribution is 5.68. The van der Waals surface area contributed by atoms with E-state index in [1.165, 1.54) is 6.07 Å². The van der Waals surface area contributed by atoms with Crippen LogP contribution < -0.4 is 15.0 Å². The minimum atomic E-state index is -0.244. The van der Waals surface area contributed by atoms with Crippen molar-refractivity contribution in [2.24, 2.45) is 0 Å². The Balaban J connectivity index is 2.59. The highest BCUT2D eigenvalue weighted by atomic mass is 16.5. The summed E-state index contributed by atoms with van der Waals surface area (Å²) in [4.78, 5) is 18.7. The summed E-state index contributed by atoms with van der Waals surface area (Å²) in [6, 6.07) is 6.79. The molecule has 2 aromatic rings. The van der Waals surface area contributed by atoms with Crippen molar-refractivity contribution in [2.45, 2.75) is 6.61 Å². The topological polar surface area (TPSA) is 73.4 Å². The molecule has 0 amide bonds. The van der Waals surface area contributed by atoms with E-state index in [-0.39, 0.29) is 12.2 Å². The summed E-state index contributed by atoms with van der Waals surface area (Å²) in [6.07, 6.45) is 0. The lowest BCUT2D eigenvalue weighted by molar-refractivity contribution is 0.181. The fourth-order valence-corrected chi connectivity index (χ4v) is 1.93. The van der Waals surface area contributed by atoms with Gasteiger partial charge in [0.25, 0.3) is 5.56 Å². The van der Waals surface area contributed by atoms with E-state index in [1.807, 2.05) is 0 Å². The van der Waals surface area contributed by atoms with E-state index in [0.29, 0.717) is 28.6 Å². The van der Waals surface area contributed by atoms with Crippen LogP contribution in [0, 0.1) is 0 Å². The second-order valence-electron chi connectivity index (χ2n) is 4.06. The molecule has 1 aromatic carbocycles. The molecule has 1 N–H and O–H groups in total. The first-order chi connectivity index (χ1) is 9.69. The largest absolute Gasteiger partial charge is 0.493 e. The van der Waals surface area contributed by atoms with Crippen molar-refractivity contribution in [3.63, 3.8) is 0 Å². The number of ether oxygens (including phenoxy) is 3. The molecule has 0 radical (unpaired) electrons. The van der Waals surface area contributed by atoms with Crippen molar-refractivity contribution in [2.75, 3.05) is 21.3 Å². The van der Waals surface area contributed by atoms with Crippen LogP contribution in [-0.4, -0.2) is 31.3 Å². The van der Waals surface area contributed by atoms with Crippen LogP contribution in [0.1, 0.15) is 5.69 Å². The van der Waals surface area contributed by atoms with Gasteiger partial charge in [0.1, 0.15) is 5.82 Å². The predicted molar refractivity (Wildman–Crippen MR) is 74.1 cm³/mol. The van der Waals surface area contributed by atoms with Gasteiger partial charge in [-0.05, 0) is 12.1 Å². The molecular weight excluding hydrogens is 260 g/mol. The van der Waals surface area contributed by atoms with Gasteiger partial charge in [0.15, 0.2) is 11.5 Å². The van der Waals surface area contributed by atoms with Gasteiger partial charge in [-0.2, -0.15) is 0 Å². The molecule has 0 aliphatic carbocycles. The first-order valence-corrected chi connectivity index (χ1v) is 6.00. The molecule has 20 heavy (non-hydrogen) atoms. The zero-order valence-electron chi connectivity index (χ0n) is 11.6. The SMILES string of the molecule is COCc1cc(=O)[nH]c(-c2cccc(OC)c2OC)n1. The van der Waals surface area contributed by atoms with Crippen LogP contribution in [0.2, 0.25) is 0 Å².